The van der Waals surface area contributed by atoms with Crippen molar-refractivity contribution in [1.29, 1.82) is 0 Å². The third-order valence-electron chi connectivity index (χ3n) is 4.36. The lowest BCUT2D eigenvalue weighted by Gasteiger charge is -2.44. The molecule has 0 fully saturated rings. The first kappa shape index (κ1) is 31.1. The van der Waals surface area contributed by atoms with Crippen LogP contribution in [0, 0.1) is 0 Å². The zero-order chi connectivity index (χ0) is 25.8. The molecule has 1 aromatic heterocycles. The molecule has 0 saturated heterocycles. The van der Waals surface area contributed by atoms with Crippen LogP contribution in [0.15, 0.2) is 12.4 Å². The van der Waals surface area contributed by atoms with Gasteiger partial charge < -0.3 is 4.55 Å². The number of halogens is 3. The molecule has 1 heterocycles. The lowest BCUT2D eigenvalue weighted by Crippen LogP contribution is -2.45. The van der Waals surface area contributed by atoms with E-state index in [0.717, 1.165) is 0 Å². The second-order valence-electron chi connectivity index (χ2n) is 8.75. The Morgan fingerprint density at radius 1 is 0.938 bits per heavy atom. The van der Waals surface area contributed by atoms with Gasteiger partial charge in [-0.3, -0.25) is 4.90 Å². The van der Waals surface area contributed by atoms with Crippen LogP contribution in [-0.2, 0) is 17.2 Å². The van der Waals surface area contributed by atoms with Crippen molar-refractivity contribution in [3.8, 4) is 0 Å². The summed E-state index contributed by atoms with van der Waals surface area (Å²) < 4.78 is 68.9. The summed E-state index contributed by atoms with van der Waals surface area (Å²) >= 11 is 0. The topological polar surface area (TPSA) is 75.7 Å². The molecule has 1 rings (SSSR count). The zero-order valence-electron chi connectivity index (χ0n) is 20.9. The van der Waals surface area contributed by atoms with Gasteiger partial charge in [0.05, 0.1) is 27.3 Å². The van der Waals surface area contributed by atoms with Gasteiger partial charge >= 0.3 is 11.5 Å². The molecule has 8 nitrogen and oxygen atoms in total. The molecular weight excluding hydrogens is 466 g/mol. The van der Waals surface area contributed by atoms with Crippen molar-refractivity contribution in [3.05, 3.63) is 12.4 Å². The molecule has 32 heavy (non-hydrogen) atoms. The number of alkyl halides is 3. The summed E-state index contributed by atoms with van der Waals surface area (Å²) in [5, 5.41) is 0. The summed E-state index contributed by atoms with van der Waals surface area (Å²) in [5.41, 5.74) is -5.65. The minimum absolute atomic E-state index is 0.485. The highest BCUT2D eigenvalue weighted by molar-refractivity contribution is 7.86. The molecule has 0 N–H and O–H groups in total. The van der Waals surface area contributed by atoms with E-state index >= 15 is 0 Å². The van der Waals surface area contributed by atoms with Crippen LogP contribution in [0.2, 0.25) is 0 Å². The van der Waals surface area contributed by atoms with Crippen molar-refractivity contribution in [3.63, 3.8) is 0 Å². The molecule has 0 aromatic carbocycles. The Balaban J connectivity index is 0.00000102. The Labute approximate surface area is 192 Å². The molecule has 0 unspecified atom stereocenters. The molecule has 0 radical (unpaired) electrons. The quantitative estimate of drug-likeness (QED) is 0.232. The number of hydrogen-bond donors (Lipinski definition) is 0. The van der Waals surface area contributed by atoms with Gasteiger partial charge in [-0.25, -0.2) is 22.3 Å². The van der Waals surface area contributed by atoms with Crippen LogP contribution in [0.3, 0.4) is 0 Å². The maximum absolute atomic E-state index is 10.7. The van der Waals surface area contributed by atoms with Crippen molar-refractivity contribution in [1.82, 2.24) is 13.7 Å². The van der Waals surface area contributed by atoms with Crippen LogP contribution >= 0.6 is 8.37 Å². The molecule has 0 aliphatic rings. The average molecular weight is 506 g/mol. The van der Waals surface area contributed by atoms with Gasteiger partial charge in [0.1, 0.15) is 6.20 Å². The molecule has 0 amide bonds. The lowest BCUT2D eigenvalue weighted by molar-refractivity contribution is -0.657. The Hall–Kier alpha value is -0.940. The largest absolute Gasteiger partial charge is 0.741 e. The Kier molecular flexibility index (Phi) is 11.6. The maximum atomic E-state index is 10.7. The molecular formula is C19H39F3N5O3PS. The summed E-state index contributed by atoms with van der Waals surface area (Å²) in [5.74, 6) is 1.23. The molecule has 0 aliphatic heterocycles. The monoisotopic (exact) mass is 505 g/mol. The van der Waals surface area contributed by atoms with Crippen LogP contribution in [0.5, 0.6) is 0 Å². The third kappa shape index (κ3) is 8.13. The molecule has 0 spiro atoms. The SMILES string of the molecule is CC(C)N(C(C)C)P(N(C(C)C)C(C)C)n1cc[n+](C)c1N(C)C.O=S(=O)([O-])C(F)(F)F. The van der Waals surface area contributed by atoms with Crippen LogP contribution in [0.25, 0.3) is 0 Å². The highest BCUT2D eigenvalue weighted by atomic mass is 32.2. The second kappa shape index (κ2) is 12.0. The normalized spacial score (nSPS) is 13.2. The summed E-state index contributed by atoms with van der Waals surface area (Å²) in [6.07, 6.45) is 4.42. The van der Waals surface area contributed by atoms with Crippen LogP contribution in [0.1, 0.15) is 55.4 Å². The highest BCUT2D eigenvalue weighted by Crippen LogP contribution is 2.52. The first-order chi connectivity index (χ1) is 14.3. The summed E-state index contributed by atoms with van der Waals surface area (Å²) in [6.45, 7) is 18.5. The van der Waals surface area contributed by atoms with Crippen LogP contribution < -0.4 is 9.47 Å². The number of hydrogen-bond acceptors (Lipinski definition) is 6. The first-order valence-corrected chi connectivity index (χ1v) is 13.0. The fraction of sp³-hybridized carbons (Fsp3) is 0.842. The number of rotatable bonds is 8. The van der Waals surface area contributed by atoms with E-state index in [1.165, 1.54) is 5.95 Å². The number of aromatic nitrogens is 2. The van der Waals surface area contributed by atoms with Gasteiger partial charge in [-0.15, -0.1) is 0 Å². The van der Waals surface area contributed by atoms with E-state index in [9.17, 15) is 13.2 Å². The van der Waals surface area contributed by atoms with E-state index in [1.54, 1.807) is 0 Å². The molecule has 0 saturated carbocycles. The minimum atomic E-state index is -6.09. The summed E-state index contributed by atoms with van der Waals surface area (Å²) in [4.78, 5) is 2.22. The Bertz CT molecular complexity index is 776. The minimum Gasteiger partial charge on any atom is -0.741 e. The third-order valence-corrected chi connectivity index (χ3v) is 8.30. The maximum Gasteiger partial charge on any atom is 0.485 e. The number of anilines is 1. The van der Waals surface area contributed by atoms with Crippen molar-refractivity contribution >= 4 is 24.4 Å². The van der Waals surface area contributed by atoms with Crippen LogP contribution in [0.4, 0.5) is 19.1 Å². The van der Waals surface area contributed by atoms with E-state index in [-0.39, 0.29) is 0 Å². The van der Waals surface area contributed by atoms with Gasteiger partial charge in [-0.05, 0) is 55.4 Å². The van der Waals surface area contributed by atoms with Gasteiger partial charge in [-0.1, -0.05) is 0 Å². The number of nitrogens with zero attached hydrogens (tertiary/aromatic N) is 5. The highest BCUT2D eigenvalue weighted by Gasteiger charge is 2.40. The van der Waals surface area contributed by atoms with Crippen molar-refractivity contribution < 1.29 is 30.7 Å². The average Bonchev–Trinajstić information content (AvgIpc) is 2.92. The van der Waals surface area contributed by atoms with Gasteiger partial charge in [0.15, 0.2) is 10.1 Å². The number of imidazole rings is 1. The lowest BCUT2D eigenvalue weighted by atomic mass is 10.3. The molecule has 0 bridgehead atoms. The Morgan fingerprint density at radius 2 is 1.25 bits per heavy atom. The van der Waals surface area contributed by atoms with E-state index in [0.29, 0.717) is 24.2 Å². The van der Waals surface area contributed by atoms with Crippen LogP contribution in [-0.4, -0.2) is 70.4 Å². The second-order valence-corrected chi connectivity index (χ2v) is 12.0. The van der Waals surface area contributed by atoms with Gasteiger partial charge in [0, 0.05) is 24.2 Å². The van der Waals surface area contributed by atoms with E-state index in [4.69, 9.17) is 13.0 Å². The molecule has 1 aromatic rings. The van der Waals surface area contributed by atoms with Gasteiger partial charge in [0.25, 0.3) is 0 Å². The van der Waals surface area contributed by atoms with Crippen molar-refractivity contribution in [2.24, 2.45) is 7.05 Å². The van der Waals surface area contributed by atoms with E-state index in [1.807, 2.05) is 0 Å². The standard InChI is InChI=1S/C18H39N5P.CHF3O3S/c1-14(2)22(15(3)4)24(23(16(5)6)17(7)8)21-13-12-20(11)18(21)19(9)10;2-1(3,4)8(5,6)7/h12-17H,1-11H3;(H,5,6,7)/q+1;/p-1. The molecule has 190 valence electrons. The van der Waals surface area contributed by atoms with Crippen molar-refractivity contribution in [2.75, 3.05) is 19.0 Å². The Morgan fingerprint density at radius 3 is 1.47 bits per heavy atom. The zero-order valence-corrected chi connectivity index (χ0v) is 22.6. The van der Waals surface area contributed by atoms with Gasteiger partial charge in [-0.2, -0.15) is 17.5 Å². The van der Waals surface area contributed by atoms with E-state index < -0.39 is 24.0 Å². The predicted octanol–water partition coefficient (Wildman–Crippen LogP) is 3.74. The van der Waals surface area contributed by atoms with Crippen molar-refractivity contribution in [2.45, 2.75) is 85.1 Å². The number of aryl methyl sites for hydroxylation is 1. The van der Waals surface area contributed by atoms with Gasteiger partial charge in [0.2, 0.25) is 8.37 Å². The first-order valence-electron chi connectivity index (χ1n) is 10.4. The summed E-state index contributed by atoms with van der Waals surface area (Å²) in [7, 11) is -0.357. The fourth-order valence-electron chi connectivity index (χ4n) is 3.48. The summed E-state index contributed by atoms with van der Waals surface area (Å²) in [6, 6.07) is 1.94. The molecule has 13 heteroatoms. The molecule has 0 atom stereocenters. The van der Waals surface area contributed by atoms with E-state index in [2.05, 4.69) is 112 Å². The molecule has 0 aliphatic carbocycles. The smallest absolute Gasteiger partial charge is 0.485 e. The fourth-order valence-corrected chi connectivity index (χ4v) is 6.47. The predicted molar refractivity (Wildman–Crippen MR) is 122 cm³/mol.